The van der Waals surface area contributed by atoms with E-state index in [-0.39, 0.29) is 9.79 Å². The van der Waals surface area contributed by atoms with Gasteiger partial charge in [-0.25, -0.2) is 13.4 Å². The zero-order valence-corrected chi connectivity index (χ0v) is 18.7. The maximum absolute atomic E-state index is 13.7. The third-order valence-corrected chi connectivity index (χ3v) is 7.91. The fourth-order valence-corrected chi connectivity index (χ4v) is 5.71. The highest BCUT2D eigenvalue weighted by molar-refractivity contribution is 7.91. The summed E-state index contributed by atoms with van der Waals surface area (Å²) in [5.41, 5.74) is 1.51. The number of hydrogen-bond acceptors (Lipinski definition) is 5. The molecule has 0 amide bonds. The van der Waals surface area contributed by atoms with Crippen molar-refractivity contribution in [1.29, 1.82) is 0 Å². The van der Waals surface area contributed by atoms with Crippen molar-refractivity contribution in [3.05, 3.63) is 47.6 Å². The Morgan fingerprint density at radius 3 is 2.35 bits per heavy atom. The molecule has 2 aromatic carbocycles. The third-order valence-electron chi connectivity index (χ3n) is 5.88. The number of sulfone groups is 1. The Bertz CT molecular complexity index is 1240. The van der Waals surface area contributed by atoms with E-state index in [1.54, 1.807) is 30.5 Å². The Balaban J connectivity index is 1.73. The molecule has 0 bridgehead atoms. The molecule has 3 heterocycles. The molecule has 1 aromatic heterocycles. The van der Waals surface area contributed by atoms with Crippen LogP contribution in [-0.2, 0) is 9.84 Å². The van der Waals surface area contributed by atoms with Gasteiger partial charge in [0.15, 0.2) is 22.6 Å². The molecule has 1 fully saturated rings. The zero-order chi connectivity index (χ0) is 21.6. The van der Waals surface area contributed by atoms with Crippen LogP contribution in [0.25, 0.3) is 10.9 Å². The summed E-state index contributed by atoms with van der Waals surface area (Å²) in [4.78, 5) is 7.23. The van der Waals surface area contributed by atoms with Crippen LogP contribution in [0.15, 0.2) is 52.4 Å². The summed E-state index contributed by atoms with van der Waals surface area (Å²) in [6.07, 6.45) is 1.59. The lowest BCUT2D eigenvalue weighted by Crippen LogP contribution is -3.12. The Morgan fingerprint density at radius 2 is 1.68 bits per heavy atom. The first-order valence-corrected chi connectivity index (χ1v) is 12.1. The van der Waals surface area contributed by atoms with E-state index < -0.39 is 9.84 Å². The van der Waals surface area contributed by atoms with Crippen molar-refractivity contribution in [2.75, 3.05) is 51.3 Å². The average Bonchev–Trinajstić information content (AvgIpc) is 2.78. The number of pyridine rings is 1. The van der Waals surface area contributed by atoms with Gasteiger partial charge in [0.2, 0.25) is 15.4 Å². The Labute approximate surface area is 186 Å². The molecule has 2 N–H and O–H groups in total. The average molecular weight is 462 g/mol. The molecule has 0 aliphatic carbocycles. The maximum Gasteiger partial charge on any atom is 0.217 e. The number of quaternary nitrogens is 1. The summed E-state index contributed by atoms with van der Waals surface area (Å²) in [6.45, 7) is 4.37. The number of aromatic nitrogens is 1. The quantitative estimate of drug-likeness (QED) is 0.635. The number of benzene rings is 2. The Kier molecular flexibility index (Phi) is 5.16. The minimum absolute atomic E-state index is 0.211. The van der Waals surface area contributed by atoms with Crippen molar-refractivity contribution in [3.8, 4) is 11.5 Å². The molecule has 0 radical (unpaired) electrons. The van der Waals surface area contributed by atoms with Crippen molar-refractivity contribution in [1.82, 2.24) is 0 Å². The summed E-state index contributed by atoms with van der Waals surface area (Å²) in [5, 5.41) is 1.30. The molecule has 31 heavy (non-hydrogen) atoms. The van der Waals surface area contributed by atoms with Crippen LogP contribution in [-0.4, -0.2) is 54.9 Å². The minimum Gasteiger partial charge on any atom is -0.486 e. The number of nitrogens with zero attached hydrogens (tertiary/aromatic N) is 1. The van der Waals surface area contributed by atoms with Gasteiger partial charge in [0.25, 0.3) is 0 Å². The molecule has 162 valence electrons. The number of nitrogens with one attached hydrogen (secondary N) is 2. The smallest absolute Gasteiger partial charge is 0.217 e. The van der Waals surface area contributed by atoms with Crippen LogP contribution in [0, 0.1) is 0 Å². The Hall–Kier alpha value is -2.55. The predicted molar refractivity (Wildman–Crippen MR) is 117 cm³/mol. The molecule has 2 aliphatic rings. The van der Waals surface area contributed by atoms with Gasteiger partial charge in [-0.2, -0.15) is 0 Å². The van der Waals surface area contributed by atoms with Gasteiger partial charge in [-0.3, -0.25) is 0 Å². The van der Waals surface area contributed by atoms with Gasteiger partial charge < -0.3 is 19.3 Å². The molecular formula is C22H24ClN3O4S+2. The predicted octanol–water partition coefficient (Wildman–Crippen LogP) is 1.25. The van der Waals surface area contributed by atoms with Gasteiger partial charge in [0.1, 0.15) is 13.2 Å². The molecule has 2 aliphatic heterocycles. The fourth-order valence-electron chi connectivity index (χ4n) is 4.13. The maximum atomic E-state index is 13.7. The second-order valence-corrected chi connectivity index (χ2v) is 10.3. The zero-order valence-electron chi connectivity index (χ0n) is 17.2. The van der Waals surface area contributed by atoms with Crippen molar-refractivity contribution in [2.45, 2.75) is 9.79 Å². The van der Waals surface area contributed by atoms with E-state index in [1.165, 1.54) is 4.90 Å². The first kappa shape index (κ1) is 20.4. The number of fused-ring (bicyclic) bond motifs is 2. The molecule has 7 nitrogen and oxygen atoms in total. The first-order valence-electron chi connectivity index (χ1n) is 10.3. The third kappa shape index (κ3) is 3.69. The van der Waals surface area contributed by atoms with Gasteiger partial charge in [-0.1, -0.05) is 11.6 Å². The molecule has 0 atom stereocenters. The number of hydrogen-bond donors (Lipinski definition) is 1. The second kappa shape index (κ2) is 7.85. The van der Waals surface area contributed by atoms with Crippen LogP contribution >= 0.6 is 11.6 Å². The van der Waals surface area contributed by atoms with Crippen LogP contribution in [0.5, 0.6) is 11.5 Å². The standard InChI is InChI=1S/C22H22ClN3O4S/c1-25-6-8-26(9-7-25)22-17-12-19-20(30-11-10-29-19)13-18(17)24-14-21(22)31(27,28)16-4-2-15(23)3-5-16/h2-5,12-14H,6-11H2,1H3/p+2. The summed E-state index contributed by atoms with van der Waals surface area (Å²) in [5.74, 6) is 1.30. The fraction of sp³-hybridized carbons (Fsp3) is 0.318. The number of aromatic amines is 1. The molecule has 3 aromatic rings. The van der Waals surface area contributed by atoms with Gasteiger partial charge in [-0.05, 0) is 24.3 Å². The van der Waals surface area contributed by atoms with Crippen molar-refractivity contribution in [2.24, 2.45) is 0 Å². The molecule has 5 rings (SSSR count). The molecule has 0 spiro atoms. The summed E-state index contributed by atoms with van der Waals surface area (Å²) in [6, 6.07) is 10.1. The summed E-state index contributed by atoms with van der Waals surface area (Å²) >= 11 is 5.98. The number of ether oxygens (including phenoxy) is 2. The highest BCUT2D eigenvalue weighted by atomic mass is 35.5. The highest BCUT2D eigenvalue weighted by Crippen LogP contribution is 2.40. The van der Waals surface area contributed by atoms with E-state index in [2.05, 4.69) is 16.9 Å². The molecule has 9 heteroatoms. The number of H-pyrrole nitrogens is 1. The number of rotatable bonds is 3. The lowest BCUT2D eigenvalue weighted by Gasteiger charge is -2.33. The summed E-state index contributed by atoms with van der Waals surface area (Å²) < 4.78 is 38.8. The molecular weight excluding hydrogens is 438 g/mol. The van der Waals surface area contributed by atoms with E-state index >= 15 is 0 Å². The van der Waals surface area contributed by atoms with Crippen LogP contribution < -0.4 is 24.3 Å². The normalized spacial score (nSPS) is 17.2. The topological polar surface area (TPSA) is 74.4 Å². The van der Waals surface area contributed by atoms with Gasteiger partial charge in [0.05, 0.1) is 55.3 Å². The minimum atomic E-state index is -3.77. The SMILES string of the molecule is C[NH+]1CCN(c2c(S(=O)(=O)c3ccc(Cl)cc3)c[nH+]c3cc4c(cc23)OCCO4)CC1. The van der Waals surface area contributed by atoms with Gasteiger partial charge in [0, 0.05) is 11.1 Å². The highest BCUT2D eigenvalue weighted by Gasteiger charge is 2.32. The first-order chi connectivity index (χ1) is 14.9. The lowest BCUT2D eigenvalue weighted by atomic mass is 10.1. The molecule has 0 unspecified atom stereocenters. The second-order valence-electron chi connectivity index (χ2n) is 7.94. The van der Waals surface area contributed by atoms with E-state index in [9.17, 15) is 8.42 Å². The van der Waals surface area contributed by atoms with E-state index in [0.29, 0.717) is 35.4 Å². The molecule has 1 saturated heterocycles. The van der Waals surface area contributed by atoms with E-state index in [0.717, 1.165) is 37.1 Å². The molecule has 0 saturated carbocycles. The van der Waals surface area contributed by atoms with E-state index in [4.69, 9.17) is 21.1 Å². The van der Waals surface area contributed by atoms with Gasteiger partial charge >= 0.3 is 0 Å². The number of likely N-dealkylation sites (N-methyl/N-ethyl adjacent to an activating group) is 1. The van der Waals surface area contributed by atoms with Crippen LogP contribution in [0.3, 0.4) is 0 Å². The van der Waals surface area contributed by atoms with Crippen molar-refractivity contribution in [3.63, 3.8) is 0 Å². The number of anilines is 1. The lowest BCUT2D eigenvalue weighted by molar-refractivity contribution is -0.880. The van der Waals surface area contributed by atoms with Crippen molar-refractivity contribution >= 4 is 38.0 Å². The monoisotopic (exact) mass is 461 g/mol. The largest absolute Gasteiger partial charge is 0.486 e. The van der Waals surface area contributed by atoms with Crippen LogP contribution in [0.2, 0.25) is 5.02 Å². The summed E-state index contributed by atoms with van der Waals surface area (Å²) in [7, 11) is -1.62. The Morgan fingerprint density at radius 1 is 1.03 bits per heavy atom. The van der Waals surface area contributed by atoms with Gasteiger partial charge in [-0.15, -0.1) is 0 Å². The van der Waals surface area contributed by atoms with E-state index in [1.807, 2.05) is 12.1 Å². The van der Waals surface area contributed by atoms with Crippen LogP contribution in [0.1, 0.15) is 0 Å². The number of halogens is 1. The van der Waals surface area contributed by atoms with Crippen LogP contribution in [0.4, 0.5) is 5.69 Å². The van der Waals surface area contributed by atoms with Crippen molar-refractivity contribution < 1.29 is 27.8 Å². The number of piperazine rings is 1.